The Balaban J connectivity index is 1.54. The fourth-order valence-corrected chi connectivity index (χ4v) is 4.79. The van der Waals surface area contributed by atoms with Crippen molar-refractivity contribution in [1.82, 2.24) is 9.47 Å². The zero-order valence-corrected chi connectivity index (χ0v) is 20.7. The number of para-hydroxylation sites is 2. The Morgan fingerprint density at radius 3 is 2.49 bits per heavy atom. The van der Waals surface area contributed by atoms with Crippen LogP contribution in [-0.2, 0) is 4.79 Å². The van der Waals surface area contributed by atoms with E-state index in [0.717, 1.165) is 11.4 Å². The van der Waals surface area contributed by atoms with Crippen molar-refractivity contribution in [3.8, 4) is 5.69 Å². The summed E-state index contributed by atoms with van der Waals surface area (Å²) < 4.78 is 7.79. The number of rotatable bonds is 6. The Bertz CT molecular complexity index is 1490. The average Bonchev–Trinajstić information content (AvgIpc) is 3.58. The third kappa shape index (κ3) is 4.18. The minimum absolute atomic E-state index is 0.135. The molecule has 1 unspecified atom stereocenters. The highest BCUT2D eigenvalue weighted by Crippen LogP contribution is 2.42. The van der Waals surface area contributed by atoms with Crippen molar-refractivity contribution in [2.75, 3.05) is 11.4 Å². The number of nitro benzene ring substituents is 1. The van der Waals surface area contributed by atoms with Crippen LogP contribution in [0.1, 0.15) is 47.3 Å². The van der Waals surface area contributed by atoms with Crippen LogP contribution >= 0.6 is 0 Å². The fraction of sp³-hybridized carbons (Fsp3) is 0.214. The number of aromatic nitrogens is 1. The van der Waals surface area contributed by atoms with Crippen LogP contribution in [-0.4, -0.2) is 38.8 Å². The predicted molar refractivity (Wildman–Crippen MR) is 138 cm³/mol. The molecule has 0 radical (unpaired) electrons. The second kappa shape index (κ2) is 9.42. The number of hydrogen-bond acceptors (Lipinski definition) is 5. The lowest BCUT2D eigenvalue weighted by Crippen LogP contribution is -2.48. The maximum atomic E-state index is 14.1. The maximum Gasteiger partial charge on any atom is 0.273 e. The number of carbonyl (C=O) groups excluding carboxylic acids is 2. The van der Waals surface area contributed by atoms with Gasteiger partial charge in [-0.3, -0.25) is 24.6 Å². The molecule has 0 saturated heterocycles. The van der Waals surface area contributed by atoms with Gasteiger partial charge in [0.25, 0.3) is 11.6 Å². The molecule has 2 aromatic heterocycles. The van der Waals surface area contributed by atoms with Crippen molar-refractivity contribution in [3.05, 3.63) is 112 Å². The van der Waals surface area contributed by atoms with E-state index in [1.54, 1.807) is 36.3 Å². The van der Waals surface area contributed by atoms with E-state index < -0.39 is 16.9 Å². The SMILES string of the molecule is Cc1ccc(C(=O)N(CC(=O)N2c3ccccc3-n3cccc3C2c2ccco2)C(C)C)cc1[N+](=O)[O-]. The molecular weight excluding hydrogens is 472 g/mol. The van der Waals surface area contributed by atoms with Crippen LogP contribution in [0.4, 0.5) is 11.4 Å². The summed E-state index contributed by atoms with van der Waals surface area (Å²) in [6.07, 6.45) is 3.51. The van der Waals surface area contributed by atoms with Gasteiger partial charge >= 0.3 is 0 Å². The van der Waals surface area contributed by atoms with E-state index in [0.29, 0.717) is 17.0 Å². The minimum Gasteiger partial charge on any atom is -0.467 e. The molecule has 2 aromatic carbocycles. The summed E-state index contributed by atoms with van der Waals surface area (Å²) in [7, 11) is 0. The Morgan fingerprint density at radius 2 is 1.81 bits per heavy atom. The van der Waals surface area contributed by atoms with Gasteiger partial charge in [0.15, 0.2) is 0 Å². The molecule has 0 fully saturated rings. The molecule has 188 valence electrons. The average molecular weight is 499 g/mol. The number of hydrogen-bond donors (Lipinski definition) is 0. The van der Waals surface area contributed by atoms with E-state index >= 15 is 0 Å². The molecule has 2 amide bonds. The normalized spacial score (nSPS) is 14.3. The smallest absolute Gasteiger partial charge is 0.273 e. The second-order valence-corrected chi connectivity index (χ2v) is 9.26. The molecule has 3 heterocycles. The van der Waals surface area contributed by atoms with Crippen LogP contribution in [0, 0.1) is 17.0 Å². The van der Waals surface area contributed by atoms with E-state index in [1.165, 1.54) is 11.0 Å². The quantitative estimate of drug-likeness (QED) is 0.266. The molecule has 0 bridgehead atoms. The van der Waals surface area contributed by atoms with Gasteiger partial charge in [-0.05, 0) is 63.2 Å². The predicted octanol–water partition coefficient (Wildman–Crippen LogP) is 5.27. The zero-order chi connectivity index (χ0) is 26.3. The number of nitro groups is 1. The molecule has 4 aromatic rings. The first-order valence-electron chi connectivity index (χ1n) is 12.0. The summed E-state index contributed by atoms with van der Waals surface area (Å²) in [4.78, 5) is 41.6. The highest BCUT2D eigenvalue weighted by Gasteiger charge is 2.38. The fourth-order valence-electron chi connectivity index (χ4n) is 4.79. The molecule has 0 aliphatic carbocycles. The Kier molecular flexibility index (Phi) is 6.12. The molecule has 37 heavy (non-hydrogen) atoms. The Hall–Kier alpha value is -4.66. The number of amides is 2. The highest BCUT2D eigenvalue weighted by molar-refractivity contribution is 6.03. The molecule has 1 atom stereocenters. The van der Waals surface area contributed by atoms with Crippen molar-refractivity contribution < 1.29 is 18.9 Å². The standard InChI is InChI=1S/C28H26N4O5/c1-18(2)30(28(34)20-13-12-19(3)24(16-20)32(35)36)17-26(33)31-22-9-5-4-8-21(22)29-14-6-10-23(29)27(31)25-11-7-15-37-25/h4-16,18,27H,17H2,1-3H3. The van der Waals surface area contributed by atoms with Gasteiger partial charge in [0.05, 0.1) is 28.3 Å². The van der Waals surface area contributed by atoms with Crippen LogP contribution < -0.4 is 4.90 Å². The lowest BCUT2D eigenvalue weighted by Gasteiger charge is -2.38. The summed E-state index contributed by atoms with van der Waals surface area (Å²) in [5.74, 6) is -0.154. The van der Waals surface area contributed by atoms with E-state index in [4.69, 9.17) is 4.42 Å². The van der Waals surface area contributed by atoms with E-state index in [2.05, 4.69) is 0 Å². The summed E-state index contributed by atoms with van der Waals surface area (Å²) in [6.45, 7) is 5.03. The van der Waals surface area contributed by atoms with Gasteiger partial charge < -0.3 is 13.9 Å². The Morgan fingerprint density at radius 1 is 1.05 bits per heavy atom. The van der Waals surface area contributed by atoms with Gasteiger partial charge in [0.2, 0.25) is 5.91 Å². The van der Waals surface area contributed by atoms with Crippen LogP contribution in [0.5, 0.6) is 0 Å². The lowest BCUT2D eigenvalue weighted by molar-refractivity contribution is -0.385. The van der Waals surface area contributed by atoms with E-state index in [1.807, 2.05) is 67.1 Å². The molecule has 9 nitrogen and oxygen atoms in total. The third-order valence-electron chi connectivity index (χ3n) is 6.64. The first-order chi connectivity index (χ1) is 17.8. The number of anilines is 1. The molecule has 9 heteroatoms. The van der Waals surface area contributed by atoms with Crippen molar-refractivity contribution in [3.63, 3.8) is 0 Å². The monoisotopic (exact) mass is 498 g/mol. The molecule has 0 spiro atoms. The van der Waals surface area contributed by atoms with Crippen LogP contribution in [0.3, 0.4) is 0 Å². The number of benzene rings is 2. The first-order valence-corrected chi connectivity index (χ1v) is 12.0. The number of fused-ring (bicyclic) bond motifs is 3. The van der Waals surface area contributed by atoms with Gasteiger partial charge in [-0.1, -0.05) is 18.2 Å². The molecular formula is C28H26N4O5. The van der Waals surface area contributed by atoms with Crippen molar-refractivity contribution in [2.45, 2.75) is 32.9 Å². The van der Waals surface area contributed by atoms with E-state index in [-0.39, 0.29) is 29.7 Å². The van der Waals surface area contributed by atoms with Crippen LogP contribution in [0.2, 0.25) is 0 Å². The topological polar surface area (TPSA) is 102 Å². The first kappa shape index (κ1) is 24.1. The minimum atomic E-state index is -0.531. The van der Waals surface area contributed by atoms with Crippen molar-refractivity contribution in [2.24, 2.45) is 0 Å². The molecule has 0 saturated carbocycles. The third-order valence-corrected chi connectivity index (χ3v) is 6.64. The van der Waals surface area contributed by atoms with Crippen LogP contribution in [0.15, 0.2) is 83.6 Å². The molecule has 1 aliphatic rings. The second-order valence-electron chi connectivity index (χ2n) is 9.26. The summed E-state index contributed by atoms with van der Waals surface area (Å²) in [5, 5.41) is 11.4. The lowest BCUT2D eigenvalue weighted by atomic mass is 10.0. The number of carbonyl (C=O) groups is 2. The summed E-state index contributed by atoms with van der Waals surface area (Å²) in [5.41, 5.74) is 2.88. The van der Waals surface area contributed by atoms with Gasteiger partial charge in [0.1, 0.15) is 18.3 Å². The molecule has 0 N–H and O–H groups in total. The van der Waals surface area contributed by atoms with Gasteiger partial charge in [0, 0.05) is 29.4 Å². The van der Waals surface area contributed by atoms with Gasteiger partial charge in [-0.25, -0.2) is 0 Å². The van der Waals surface area contributed by atoms with Crippen molar-refractivity contribution in [1.29, 1.82) is 0 Å². The van der Waals surface area contributed by atoms with E-state index in [9.17, 15) is 19.7 Å². The maximum absolute atomic E-state index is 14.1. The largest absolute Gasteiger partial charge is 0.467 e. The Labute approximate surface area is 213 Å². The van der Waals surface area contributed by atoms with Crippen molar-refractivity contribution >= 4 is 23.2 Å². The van der Waals surface area contributed by atoms with Gasteiger partial charge in [-0.15, -0.1) is 0 Å². The number of nitrogens with zero attached hydrogens (tertiary/aromatic N) is 4. The summed E-state index contributed by atoms with van der Waals surface area (Å²) in [6, 6.07) is 18.6. The zero-order valence-electron chi connectivity index (χ0n) is 20.7. The van der Waals surface area contributed by atoms with Crippen LogP contribution in [0.25, 0.3) is 5.69 Å². The summed E-state index contributed by atoms with van der Waals surface area (Å²) >= 11 is 0. The highest BCUT2D eigenvalue weighted by atomic mass is 16.6. The molecule has 5 rings (SSSR count). The number of aryl methyl sites for hydroxylation is 1. The number of furan rings is 1. The molecule has 1 aliphatic heterocycles. The van der Waals surface area contributed by atoms with Gasteiger partial charge in [-0.2, -0.15) is 0 Å².